The predicted octanol–water partition coefficient (Wildman–Crippen LogP) is 1.63. The number of nitrogens with zero attached hydrogens (tertiary/aromatic N) is 4. The number of ether oxygens (including phenoxy) is 1. The Morgan fingerprint density at radius 3 is 2.59 bits per heavy atom. The zero-order valence-corrected chi connectivity index (χ0v) is 16.5. The topological polar surface area (TPSA) is 66.4 Å². The lowest BCUT2D eigenvalue weighted by atomic mass is 9.97. The summed E-state index contributed by atoms with van der Waals surface area (Å²) in [5, 5.41) is 4.85. The summed E-state index contributed by atoms with van der Waals surface area (Å²) in [4.78, 5) is 17.4. The molecular formula is C19H26N5O2S+. The van der Waals surface area contributed by atoms with Gasteiger partial charge in [0.05, 0.1) is 25.6 Å². The second-order valence-electron chi connectivity index (χ2n) is 7.38. The first-order chi connectivity index (χ1) is 13.2. The summed E-state index contributed by atoms with van der Waals surface area (Å²) in [6, 6.07) is 4.44. The number of likely N-dealkylation sites (tertiary alicyclic amines) is 1. The lowest BCUT2D eigenvalue weighted by Gasteiger charge is -2.27. The highest BCUT2D eigenvalue weighted by Crippen LogP contribution is 2.38. The van der Waals surface area contributed by atoms with E-state index in [4.69, 9.17) is 22.1 Å². The third-order valence-electron chi connectivity index (χ3n) is 5.41. The standard InChI is InChI=1S/C19H25N5O2S/c1-2-26-18(25)15-7-11-22(12-8-15)13-23-19(27)24(16-3-4-16)17(21-23)14-5-9-20-10-6-14/h5-6,9-10,15-16H,2-4,7-8,11-13H2,1H3/p+1. The Labute approximate surface area is 164 Å². The highest BCUT2D eigenvalue weighted by atomic mass is 32.1. The van der Waals surface area contributed by atoms with Crippen LogP contribution in [0.3, 0.4) is 0 Å². The molecule has 0 atom stereocenters. The van der Waals surface area contributed by atoms with Crippen LogP contribution in [0.15, 0.2) is 24.5 Å². The van der Waals surface area contributed by atoms with E-state index in [0.717, 1.165) is 61.6 Å². The van der Waals surface area contributed by atoms with Gasteiger partial charge in [0.1, 0.15) is 0 Å². The molecule has 3 heterocycles. The van der Waals surface area contributed by atoms with Crippen LogP contribution in [0.2, 0.25) is 0 Å². The van der Waals surface area contributed by atoms with Crippen LogP contribution in [0.25, 0.3) is 11.4 Å². The van der Waals surface area contributed by atoms with Crippen LogP contribution in [-0.4, -0.2) is 45.0 Å². The summed E-state index contributed by atoms with van der Waals surface area (Å²) in [5.74, 6) is 0.926. The van der Waals surface area contributed by atoms with Crippen molar-refractivity contribution in [1.29, 1.82) is 0 Å². The number of carbonyl (C=O) groups is 1. The monoisotopic (exact) mass is 388 g/mol. The van der Waals surface area contributed by atoms with E-state index < -0.39 is 0 Å². The Hall–Kier alpha value is -2.06. The Kier molecular flexibility index (Phi) is 5.36. The first-order valence-corrected chi connectivity index (χ1v) is 10.2. The van der Waals surface area contributed by atoms with Crippen molar-refractivity contribution < 1.29 is 14.4 Å². The van der Waals surface area contributed by atoms with Gasteiger partial charge in [0, 0.05) is 36.8 Å². The molecule has 4 rings (SSSR count). The van der Waals surface area contributed by atoms with Gasteiger partial charge in [0.2, 0.25) is 4.77 Å². The third kappa shape index (κ3) is 3.96. The number of piperidine rings is 1. The van der Waals surface area contributed by atoms with Gasteiger partial charge in [-0.15, -0.1) is 5.10 Å². The van der Waals surface area contributed by atoms with E-state index in [-0.39, 0.29) is 11.9 Å². The number of aromatic nitrogens is 4. The quantitative estimate of drug-likeness (QED) is 0.602. The maximum absolute atomic E-state index is 11.9. The SMILES string of the molecule is CCOC(=O)C1CC[NH+](Cn2nc(-c3ccncc3)n(C3CC3)c2=S)CC1. The fraction of sp³-hybridized carbons (Fsp3) is 0.579. The van der Waals surface area contributed by atoms with Crippen molar-refractivity contribution >= 4 is 18.2 Å². The van der Waals surface area contributed by atoms with Gasteiger partial charge < -0.3 is 9.64 Å². The molecule has 8 heteroatoms. The number of nitrogens with one attached hydrogen (secondary N) is 1. The van der Waals surface area contributed by atoms with Gasteiger partial charge in [-0.1, -0.05) is 0 Å². The minimum absolute atomic E-state index is 0.0399. The fourth-order valence-corrected chi connectivity index (χ4v) is 4.12. The number of pyridine rings is 1. The van der Waals surface area contributed by atoms with E-state index in [2.05, 4.69) is 9.55 Å². The van der Waals surface area contributed by atoms with E-state index in [1.165, 1.54) is 4.90 Å². The number of rotatable bonds is 6. The minimum atomic E-state index is -0.0499. The molecule has 1 aliphatic heterocycles. The number of carbonyl (C=O) groups excluding carboxylic acids is 1. The lowest BCUT2D eigenvalue weighted by Crippen LogP contribution is -3.12. The molecule has 1 N–H and O–H groups in total. The molecule has 1 saturated heterocycles. The maximum atomic E-state index is 11.9. The van der Waals surface area contributed by atoms with Crippen molar-refractivity contribution in [3.8, 4) is 11.4 Å². The molecule has 144 valence electrons. The molecule has 2 aliphatic rings. The molecule has 2 fully saturated rings. The van der Waals surface area contributed by atoms with Gasteiger partial charge in [-0.3, -0.25) is 14.3 Å². The van der Waals surface area contributed by atoms with Gasteiger partial charge in [-0.25, -0.2) is 0 Å². The first-order valence-electron chi connectivity index (χ1n) is 9.77. The van der Waals surface area contributed by atoms with Gasteiger partial charge in [-0.2, -0.15) is 4.68 Å². The van der Waals surface area contributed by atoms with Crippen molar-refractivity contribution in [1.82, 2.24) is 19.3 Å². The Balaban J connectivity index is 1.49. The molecule has 0 spiro atoms. The first kappa shape index (κ1) is 18.3. The van der Waals surface area contributed by atoms with Gasteiger partial charge in [0.25, 0.3) is 0 Å². The molecule has 27 heavy (non-hydrogen) atoms. The Morgan fingerprint density at radius 2 is 1.96 bits per heavy atom. The molecule has 1 aliphatic carbocycles. The molecule has 0 unspecified atom stereocenters. The molecule has 0 bridgehead atoms. The van der Waals surface area contributed by atoms with Gasteiger partial charge >= 0.3 is 5.97 Å². The normalized spacial score (nSPS) is 22.6. The van der Waals surface area contributed by atoms with E-state index in [1.54, 1.807) is 12.4 Å². The van der Waals surface area contributed by atoms with Crippen LogP contribution >= 0.6 is 12.2 Å². The summed E-state index contributed by atoms with van der Waals surface area (Å²) in [6.07, 6.45) is 7.63. The number of esters is 1. The van der Waals surface area contributed by atoms with Gasteiger partial charge in [-0.05, 0) is 44.1 Å². The molecule has 0 amide bonds. The van der Waals surface area contributed by atoms with Crippen molar-refractivity contribution in [3.63, 3.8) is 0 Å². The molecule has 2 aromatic heterocycles. The van der Waals surface area contributed by atoms with Crippen molar-refractivity contribution in [2.75, 3.05) is 19.7 Å². The number of quaternary nitrogens is 1. The van der Waals surface area contributed by atoms with Crippen LogP contribution in [0.5, 0.6) is 0 Å². The second-order valence-corrected chi connectivity index (χ2v) is 7.74. The van der Waals surface area contributed by atoms with E-state index in [1.807, 2.05) is 23.7 Å². The zero-order valence-electron chi connectivity index (χ0n) is 15.6. The molecule has 0 aromatic carbocycles. The van der Waals surface area contributed by atoms with E-state index in [9.17, 15) is 4.79 Å². The fourth-order valence-electron chi connectivity index (χ4n) is 3.77. The highest BCUT2D eigenvalue weighted by molar-refractivity contribution is 7.71. The summed E-state index contributed by atoms with van der Waals surface area (Å²) < 4.78 is 10.1. The summed E-state index contributed by atoms with van der Waals surface area (Å²) in [7, 11) is 0. The number of hydrogen-bond acceptors (Lipinski definition) is 5. The largest absolute Gasteiger partial charge is 0.466 e. The lowest BCUT2D eigenvalue weighted by molar-refractivity contribution is -0.929. The van der Waals surface area contributed by atoms with Gasteiger partial charge in [0.15, 0.2) is 12.5 Å². The van der Waals surface area contributed by atoms with Crippen LogP contribution in [0.1, 0.15) is 38.6 Å². The van der Waals surface area contributed by atoms with Crippen LogP contribution in [0, 0.1) is 10.7 Å². The maximum Gasteiger partial charge on any atom is 0.309 e. The average Bonchev–Trinajstić information content (AvgIpc) is 3.48. The second kappa shape index (κ2) is 7.90. The smallest absolute Gasteiger partial charge is 0.309 e. The van der Waals surface area contributed by atoms with Crippen LogP contribution < -0.4 is 4.90 Å². The summed E-state index contributed by atoms with van der Waals surface area (Å²) in [5.41, 5.74) is 1.05. The Bertz CT molecular complexity index is 851. The molecule has 0 radical (unpaired) electrons. The molecule has 7 nitrogen and oxygen atoms in total. The Morgan fingerprint density at radius 1 is 1.26 bits per heavy atom. The van der Waals surface area contributed by atoms with Crippen LogP contribution in [-0.2, 0) is 16.2 Å². The zero-order chi connectivity index (χ0) is 18.8. The van der Waals surface area contributed by atoms with Crippen molar-refractivity contribution in [2.24, 2.45) is 5.92 Å². The molecule has 2 aromatic rings. The summed E-state index contributed by atoms with van der Waals surface area (Å²) in [6.45, 7) is 4.93. The van der Waals surface area contributed by atoms with E-state index in [0.29, 0.717) is 12.6 Å². The third-order valence-corrected chi connectivity index (χ3v) is 5.81. The number of hydrogen-bond donors (Lipinski definition) is 1. The minimum Gasteiger partial charge on any atom is -0.466 e. The highest BCUT2D eigenvalue weighted by Gasteiger charge is 2.31. The van der Waals surface area contributed by atoms with Crippen molar-refractivity contribution in [2.45, 2.75) is 45.3 Å². The molecular weight excluding hydrogens is 362 g/mol. The summed E-state index contributed by atoms with van der Waals surface area (Å²) >= 11 is 5.76. The molecule has 1 saturated carbocycles. The van der Waals surface area contributed by atoms with Crippen molar-refractivity contribution in [3.05, 3.63) is 29.3 Å². The van der Waals surface area contributed by atoms with Crippen LogP contribution in [0.4, 0.5) is 0 Å². The predicted molar refractivity (Wildman–Crippen MR) is 103 cm³/mol. The van der Waals surface area contributed by atoms with E-state index >= 15 is 0 Å². The average molecular weight is 389 g/mol.